The second-order valence-corrected chi connectivity index (χ2v) is 3.32. The van der Waals surface area contributed by atoms with Gasteiger partial charge in [-0.05, 0) is 18.2 Å². The number of hydrogen-bond donors (Lipinski definition) is 1. The first-order chi connectivity index (χ1) is 8.66. The zero-order valence-electron chi connectivity index (χ0n) is 9.11. The monoisotopic (exact) mass is 268 g/mol. The second kappa shape index (κ2) is 6.98. The zero-order chi connectivity index (χ0) is 13.0. The Hall–Kier alpha value is -1.76. The molecule has 0 bridgehead atoms. The Labute approximate surface area is 130 Å². The molecule has 2 rings (SSSR count). The van der Waals surface area contributed by atoms with Crippen LogP contribution in [0.15, 0.2) is 42.9 Å². The summed E-state index contributed by atoms with van der Waals surface area (Å²) in [7, 11) is 0. The molecule has 1 heterocycles. The van der Waals surface area contributed by atoms with Gasteiger partial charge in [-0.15, -0.1) is 0 Å². The van der Waals surface area contributed by atoms with E-state index in [4.69, 9.17) is 9.84 Å². The Morgan fingerprint density at radius 1 is 1.16 bits per heavy atom. The number of ether oxygens (including phenoxy) is 1. The average molecular weight is 268 g/mol. The summed E-state index contributed by atoms with van der Waals surface area (Å²) in [4.78, 5) is 30.0. The van der Waals surface area contributed by atoms with E-state index in [1.54, 1.807) is 0 Å². The number of rotatable bonds is 3. The third-order valence-corrected chi connectivity index (χ3v) is 2.08. The molecule has 0 amide bonds. The molecule has 0 aliphatic rings. The van der Waals surface area contributed by atoms with Crippen LogP contribution in [0.3, 0.4) is 0 Å². The molecule has 2 aromatic rings. The third kappa shape index (κ3) is 4.13. The zero-order valence-corrected chi connectivity index (χ0v) is 9.11. The van der Waals surface area contributed by atoms with Crippen LogP contribution < -0.4 is 4.74 Å². The third-order valence-electron chi connectivity index (χ3n) is 2.08. The van der Waals surface area contributed by atoms with Crippen LogP contribution in [0.2, 0.25) is 0 Å². The number of benzene rings is 1. The number of carboxylic acid groups (broad SMARTS) is 1. The number of esters is 1. The van der Waals surface area contributed by atoms with Gasteiger partial charge >= 0.3 is 41.5 Å². The molecule has 0 fully saturated rings. The van der Waals surface area contributed by atoms with Crippen molar-refractivity contribution in [3.63, 3.8) is 0 Å². The molecule has 0 saturated heterocycles. The molecule has 0 radical (unpaired) electrons. The molecule has 0 aliphatic heterocycles. The number of aromatic nitrogens is 2. The SMILES string of the molecule is O=C(O)c1cccc(C(=O)Oc2cnccn2)c1.[NaH]. The molecular formula is C12H9N2NaO4. The van der Waals surface area contributed by atoms with E-state index in [1.807, 2.05) is 0 Å². The molecule has 0 atom stereocenters. The number of nitrogens with zero attached hydrogens (tertiary/aromatic N) is 2. The molecule has 6 nitrogen and oxygen atoms in total. The van der Waals surface area contributed by atoms with Crippen molar-refractivity contribution in [3.8, 4) is 5.88 Å². The van der Waals surface area contributed by atoms with Crippen LogP contribution >= 0.6 is 0 Å². The second-order valence-electron chi connectivity index (χ2n) is 3.32. The van der Waals surface area contributed by atoms with Gasteiger partial charge in [0.1, 0.15) is 0 Å². The van der Waals surface area contributed by atoms with Gasteiger partial charge in [0.15, 0.2) is 0 Å². The molecule has 92 valence electrons. The summed E-state index contributed by atoms with van der Waals surface area (Å²) >= 11 is 0. The molecule has 0 spiro atoms. The van der Waals surface area contributed by atoms with Gasteiger partial charge in [0.25, 0.3) is 0 Å². The first-order valence-electron chi connectivity index (χ1n) is 4.98. The summed E-state index contributed by atoms with van der Waals surface area (Å²) in [5.41, 5.74) is 0.157. The van der Waals surface area contributed by atoms with E-state index in [0.717, 1.165) is 0 Å². The van der Waals surface area contributed by atoms with Crippen LogP contribution in [0.1, 0.15) is 20.7 Å². The Morgan fingerprint density at radius 2 is 1.89 bits per heavy atom. The minimum absolute atomic E-state index is 0. The molecule has 7 heteroatoms. The van der Waals surface area contributed by atoms with Crippen molar-refractivity contribution >= 4 is 41.5 Å². The fraction of sp³-hybridized carbons (Fsp3) is 0. The molecule has 1 N–H and O–H groups in total. The van der Waals surface area contributed by atoms with Crippen LogP contribution in [0.5, 0.6) is 5.88 Å². The van der Waals surface area contributed by atoms with Gasteiger partial charge in [0.2, 0.25) is 5.88 Å². The van der Waals surface area contributed by atoms with E-state index in [-0.39, 0.29) is 46.6 Å². The summed E-state index contributed by atoms with van der Waals surface area (Å²) in [6, 6.07) is 5.56. The molecule has 1 aromatic heterocycles. The Balaban J connectivity index is 0.00000180. The first-order valence-corrected chi connectivity index (χ1v) is 4.98. The quantitative estimate of drug-likeness (QED) is 0.652. The predicted octanol–water partition coefficient (Wildman–Crippen LogP) is 0.745. The van der Waals surface area contributed by atoms with Gasteiger partial charge in [-0.25, -0.2) is 14.6 Å². The number of hydrogen-bond acceptors (Lipinski definition) is 5. The molecule has 0 saturated carbocycles. The maximum absolute atomic E-state index is 11.7. The van der Waals surface area contributed by atoms with E-state index in [1.165, 1.54) is 42.9 Å². The van der Waals surface area contributed by atoms with E-state index in [2.05, 4.69) is 9.97 Å². The molecule has 0 unspecified atom stereocenters. The molecule has 0 aliphatic carbocycles. The van der Waals surface area contributed by atoms with Crippen molar-refractivity contribution in [1.82, 2.24) is 9.97 Å². The van der Waals surface area contributed by atoms with Crippen LogP contribution in [0, 0.1) is 0 Å². The van der Waals surface area contributed by atoms with E-state index in [0.29, 0.717) is 0 Å². The molecule has 1 aromatic carbocycles. The normalized spacial score (nSPS) is 9.26. The summed E-state index contributed by atoms with van der Waals surface area (Å²) < 4.78 is 4.93. The molecule has 19 heavy (non-hydrogen) atoms. The summed E-state index contributed by atoms with van der Waals surface area (Å²) in [6.45, 7) is 0. The molecular weight excluding hydrogens is 259 g/mol. The van der Waals surface area contributed by atoms with Crippen molar-refractivity contribution < 1.29 is 19.4 Å². The van der Waals surface area contributed by atoms with Gasteiger partial charge in [0, 0.05) is 12.4 Å². The van der Waals surface area contributed by atoms with Crippen LogP contribution in [0.25, 0.3) is 0 Å². The van der Waals surface area contributed by atoms with Gasteiger partial charge < -0.3 is 9.84 Å². The van der Waals surface area contributed by atoms with Crippen molar-refractivity contribution in [2.75, 3.05) is 0 Å². The maximum atomic E-state index is 11.7. The first kappa shape index (κ1) is 15.3. The van der Waals surface area contributed by atoms with Gasteiger partial charge in [-0.1, -0.05) is 6.07 Å². The van der Waals surface area contributed by atoms with E-state index < -0.39 is 11.9 Å². The minimum atomic E-state index is -1.11. The standard InChI is InChI=1S/C12H8N2O4.Na.H/c15-11(16)8-2-1-3-9(6-8)12(17)18-10-7-13-4-5-14-10;;/h1-7H,(H,15,16);;. The van der Waals surface area contributed by atoms with Crippen molar-refractivity contribution in [2.45, 2.75) is 0 Å². The number of carboxylic acids is 1. The topological polar surface area (TPSA) is 89.4 Å². The van der Waals surface area contributed by atoms with E-state index >= 15 is 0 Å². The van der Waals surface area contributed by atoms with Gasteiger partial charge in [-0.2, -0.15) is 0 Å². The average Bonchev–Trinajstić information content (AvgIpc) is 2.40. The van der Waals surface area contributed by atoms with Crippen molar-refractivity contribution in [2.24, 2.45) is 0 Å². The van der Waals surface area contributed by atoms with Gasteiger partial charge in [-0.3, -0.25) is 4.98 Å². The fourth-order valence-corrected chi connectivity index (χ4v) is 1.27. The summed E-state index contributed by atoms with van der Waals surface area (Å²) in [5, 5.41) is 8.81. The summed E-state index contributed by atoms with van der Waals surface area (Å²) in [6.07, 6.45) is 4.12. The Kier molecular flexibility index (Phi) is 5.62. The number of carbonyl (C=O) groups is 2. The van der Waals surface area contributed by atoms with Gasteiger partial charge in [0.05, 0.1) is 17.3 Å². The van der Waals surface area contributed by atoms with Crippen molar-refractivity contribution in [1.29, 1.82) is 0 Å². The Bertz CT molecular complexity index is 589. The van der Waals surface area contributed by atoms with Crippen LogP contribution in [0.4, 0.5) is 0 Å². The summed E-state index contributed by atoms with van der Waals surface area (Å²) in [5.74, 6) is -1.73. The predicted molar refractivity (Wildman–Crippen MR) is 67.5 cm³/mol. The number of aromatic carboxylic acids is 1. The van der Waals surface area contributed by atoms with Crippen molar-refractivity contribution in [3.05, 3.63) is 54.0 Å². The number of carbonyl (C=O) groups excluding carboxylic acids is 1. The van der Waals surface area contributed by atoms with Crippen LogP contribution in [-0.2, 0) is 0 Å². The van der Waals surface area contributed by atoms with Crippen LogP contribution in [-0.4, -0.2) is 56.6 Å². The Morgan fingerprint density at radius 3 is 2.53 bits per heavy atom. The van der Waals surface area contributed by atoms with E-state index in [9.17, 15) is 9.59 Å². The fourth-order valence-electron chi connectivity index (χ4n) is 1.27.